The minimum Gasteiger partial charge on any atom is -0.508 e. The van der Waals surface area contributed by atoms with Gasteiger partial charge in [-0.2, -0.15) is 0 Å². The second-order valence-corrected chi connectivity index (χ2v) is 13.4. The molecule has 3 saturated carbocycles. The van der Waals surface area contributed by atoms with E-state index in [-0.39, 0.29) is 29.7 Å². The molecule has 6 N–H and O–H groups in total. The number of carbonyl (C=O) groups is 3. The van der Waals surface area contributed by atoms with Crippen molar-refractivity contribution in [1.29, 1.82) is 0 Å². The standard InChI is InChI=1S/C31H38ClN3O7/c1-34(2)25-19-10-15-9-18-22(26(37)21(15)28(39)31(19,42)29(40)23(27(25)38)30(33)41)20(36)11-16(24(18)32)13-35(12-14-7-8-14)17-5-3-4-6-17/h11,14-15,17,19,25,36-37,40,42H,3-10,12-13H2,1-2H3,(H2,33,41)/t15-,19-,25-,31-/m0/s1. The van der Waals surface area contributed by atoms with Crippen molar-refractivity contribution in [2.45, 2.75) is 75.6 Å². The van der Waals surface area contributed by atoms with E-state index in [1.54, 1.807) is 20.2 Å². The summed E-state index contributed by atoms with van der Waals surface area (Å²) in [6.07, 6.45) is 7.31. The third-order valence-corrected chi connectivity index (χ3v) is 10.6. The molecule has 0 spiro atoms. The molecule has 1 amide bonds. The van der Waals surface area contributed by atoms with E-state index in [4.69, 9.17) is 17.3 Å². The number of phenolic OH excluding ortho intramolecular Hbond substituents is 1. The maximum Gasteiger partial charge on any atom is 0.255 e. The van der Waals surface area contributed by atoms with Crippen molar-refractivity contribution in [2.75, 3.05) is 20.6 Å². The number of fused-ring (bicyclic) bond motifs is 3. The van der Waals surface area contributed by atoms with E-state index < -0.39 is 58.0 Å². The van der Waals surface area contributed by atoms with Gasteiger partial charge >= 0.3 is 0 Å². The average molecular weight is 600 g/mol. The molecule has 0 aliphatic heterocycles. The summed E-state index contributed by atoms with van der Waals surface area (Å²) in [5, 5.41) is 45.8. The van der Waals surface area contributed by atoms with Crippen LogP contribution < -0.4 is 5.73 Å². The molecular weight excluding hydrogens is 562 g/mol. The Morgan fingerprint density at radius 2 is 1.79 bits per heavy atom. The molecule has 11 heteroatoms. The minimum absolute atomic E-state index is 0.0228. The average Bonchev–Trinajstić information content (AvgIpc) is 3.56. The smallest absolute Gasteiger partial charge is 0.255 e. The van der Waals surface area contributed by atoms with Crippen molar-refractivity contribution >= 4 is 34.8 Å². The van der Waals surface area contributed by atoms with Gasteiger partial charge in [0.1, 0.15) is 22.8 Å². The highest BCUT2D eigenvalue weighted by molar-refractivity contribution is 6.32. The Morgan fingerprint density at radius 1 is 1.12 bits per heavy atom. The molecule has 6 rings (SSSR count). The number of Topliss-reactive ketones (excluding diaryl/α,β-unsaturated/α-hetero) is 2. The topological polar surface area (TPSA) is 165 Å². The summed E-state index contributed by atoms with van der Waals surface area (Å²) >= 11 is 7.01. The van der Waals surface area contributed by atoms with Crippen LogP contribution in [-0.2, 0) is 27.3 Å². The summed E-state index contributed by atoms with van der Waals surface area (Å²) in [5.41, 5.74) is 3.00. The zero-order valence-corrected chi connectivity index (χ0v) is 24.7. The predicted molar refractivity (Wildman–Crippen MR) is 155 cm³/mol. The molecule has 0 heterocycles. The zero-order valence-electron chi connectivity index (χ0n) is 23.9. The van der Waals surface area contributed by atoms with Crippen LogP contribution in [0.2, 0.25) is 5.02 Å². The molecule has 0 radical (unpaired) electrons. The molecule has 0 bridgehead atoms. The van der Waals surface area contributed by atoms with E-state index in [0.29, 0.717) is 29.1 Å². The third kappa shape index (κ3) is 4.37. The van der Waals surface area contributed by atoms with E-state index in [1.807, 2.05) is 0 Å². The summed E-state index contributed by atoms with van der Waals surface area (Å²) in [6, 6.07) is 0.883. The lowest BCUT2D eigenvalue weighted by Crippen LogP contribution is -2.65. The number of rotatable bonds is 7. The van der Waals surface area contributed by atoms with E-state index in [0.717, 1.165) is 24.9 Å². The van der Waals surface area contributed by atoms with Gasteiger partial charge in [0.2, 0.25) is 5.78 Å². The van der Waals surface area contributed by atoms with Crippen molar-refractivity contribution in [2.24, 2.45) is 23.5 Å². The van der Waals surface area contributed by atoms with Gasteiger partial charge in [0, 0.05) is 35.6 Å². The highest BCUT2D eigenvalue weighted by Gasteiger charge is 2.64. The van der Waals surface area contributed by atoms with Crippen molar-refractivity contribution in [3.05, 3.63) is 44.7 Å². The van der Waals surface area contributed by atoms with E-state index in [2.05, 4.69) is 4.90 Å². The normalized spacial score (nSPS) is 29.8. The first-order valence-corrected chi connectivity index (χ1v) is 15.2. The van der Waals surface area contributed by atoms with E-state index in [1.165, 1.54) is 30.6 Å². The van der Waals surface area contributed by atoms with Crippen LogP contribution in [0.25, 0.3) is 5.76 Å². The molecule has 1 aromatic carbocycles. The Bertz CT molecular complexity index is 1440. The lowest BCUT2D eigenvalue weighted by molar-refractivity contribution is -0.153. The Kier molecular flexibility index (Phi) is 7.20. The van der Waals surface area contributed by atoms with Crippen LogP contribution in [0.3, 0.4) is 0 Å². The fourth-order valence-corrected chi connectivity index (χ4v) is 8.21. The maximum absolute atomic E-state index is 14.0. The first-order valence-electron chi connectivity index (χ1n) is 14.8. The summed E-state index contributed by atoms with van der Waals surface area (Å²) in [5.74, 6) is -6.01. The number of aliphatic hydroxyl groups is 3. The molecule has 5 aliphatic rings. The Morgan fingerprint density at radius 3 is 2.38 bits per heavy atom. The van der Waals surface area contributed by atoms with Crippen LogP contribution in [0, 0.1) is 17.8 Å². The summed E-state index contributed by atoms with van der Waals surface area (Å²) < 4.78 is 0. The second kappa shape index (κ2) is 10.4. The van der Waals surface area contributed by atoms with Crippen molar-refractivity contribution in [1.82, 2.24) is 9.80 Å². The van der Waals surface area contributed by atoms with Crippen LogP contribution in [-0.4, -0.2) is 86.0 Å². The lowest BCUT2D eigenvalue weighted by Gasteiger charge is -2.50. The fraction of sp³-hybridized carbons (Fsp3) is 0.581. The SMILES string of the molecule is CN(C)[C@@H]1C(=O)C(C(N)=O)=C(O)[C@@]2(O)C(=O)C3=C(O)c4c(O)cc(CN(CC5CC5)C5CCCC5)c(Cl)c4C[C@H]3C[C@@H]12. The van der Waals surface area contributed by atoms with Gasteiger partial charge in [-0.15, -0.1) is 0 Å². The number of amides is 1. The van der Waals surface area contributed by atoms with Crippen molar-refractivity contribution in [3.63, 3.8) is 0 Å². The van der Waals surface area contributed by atoms with Gasteiger partial charge in [-0.25, -0.2) is 0 Å². The quantitative estimate of drug-likeness (QED) is 0.296. The van der Waals surface area contributed by atoms with Gasteiger partial charge in [0.05, 0.1) is 11.6 Å². The van der Waals surface area contributed by atoms with Gasteiger partial charge in [-0.3, -0.25) is 24.2 Å². The molecule has 10 nitrogen and oxygen atoms in total. The number of ketones is 2. The molecule has 0 aromatic heterocycles. The first-order chi connectivity index (χ1) is 19.9. The predicted octanol–water partition coefficient (Wildman–Crippen LogP) is 2.77. The zero-order chi connectivity index (χ0) is 30.2. The molecule has 3 fully saturated rings. The number of aliphatic hydroxyl groups excluding tert-OH is 2. The highest BCUT2D eigenvalue weighted by atomic mass is 35.5. The number of hydrogen-bond donors (Lipinski definition) is 5. The molecule has 5 aliphatic carbocycles. The second-order valence-electron chi connectivity index (χ2n) is 13.0. The molecule has 0 unspecified atom stereocenters. The van der Waals surface area contributed by atoms with Gasteiger partial charge in [0.25, 0.3) is 5.91 Å². The van der Waals surface area contributed by atoms with Gasteiger partial charge in [-0.05, 0) is 81.6 Å². The van der Waals surface area contributed by atoms with Crippen molar-refractivity contribution < 1.29 is 34.8 Å². The van der Waals surface area contributed by atoms with Gasteiger partial charge in [-0.1, -0.05) is 24.4 Å². The Labute approximate surface area is 249 Å². The Hall–Kier alpha value is -2.92. The van der Waals surface area contributed by atoms with E-state index in [9.17, 15) is 34.8 Å². The number of nitrogens with two attached hydrogens (primary N) is 1. The van der Waals surface area contributed by atoms with Gasteiger partial charge in [0.15, 0.2) is 11.4 Å². The monoisotopic (exact) mass is 599 g/mol. The van der Waals surface area contributed by atoms with Crippen LogP contribution in [0.1, 0.15) is 61.6 Å². The number of phenols is 1. The lowest BCUT2D eigenvalue weighted by atomic mass is 9.57. The summed E-state index contributed by atoms with van der Waals surface area (Å²) in [7, 11) is 3.15. The summed E-state index contributed by atoms with van der Waals surface area (Å²) in [6.45, 7) is 1.55. The molecule has 0 saturated heterocycles. The van der Waals surface area contributed by atoms with Crippen molar-refractivity contribution in [3.8, 4) is 5.75 Å². The summed E-state index contributed by atoms with van der Waals surface area (Å²) in [4.78, 5) is 43.4. The third-order valence-electron chi connectivity index (χ3n) is 10.1. The number of nitrogens with zero attached hydrogens (tertiary/aromatic N) is 2. The molecule has 1 aromatic rings. The molecule has 226 valence electrons. The molecular formula is C31H38ClN3O7. The number of carbonyl (C=O) groups excluding carboxylic acids is 3. The van der Waals surface area contributed by atoms with Gasteiger partial charge < -0.3 is 26.2 Å². The maximum atomic E-state index is 14.0. The largest absolute Gasteiger partial charge is 0.508 e. The number of aromatic hydroxyl groups is 1. The van der Waals surface area contributed by atoms with Crippen LogP contribution in [0.15, 0.2) is 23.0 Å². The van der Waals surface area contributed by atoms with Crippen LogP contribution >= 0.6 is 11.6 Å². The number of likely N-dealkylation sites (N-methyl/N-ethyl adjacent to an activating group) is 1. The van der Waals surface area contributed by atoms with E-state index >= 15 is 0 Å². The molecule has 42 heavy (non-hydrogen) atoms. The Balaban J connectivity index is 1.43. The fourth-order valence-electron chi connectivity index (χ4n) is 7.92. The number of primary amides is 1. The minimum atomic E-state index is -2.66. The first kappa shape index (κ1) is 29.2. The number of benzene rings is 1. The number of halogens is 1. The number of hydrogen-bond acceptors (Lipinski definition) is 9. The van der Waals surface area contributed by atoms with Crippen LogP contribution in [0.5, 0.6) is 5.75 Å². The highest BCUT2D eigenvalue weighted by Crippen LogP contribution is 2.54. The van der Waals surface area contributed by atoms with Crippen LogP contribution in [0.4, 0.5) is 0 Å². The molecule has 4 atom stereocenters.